The van der Waals surface area contributed by atoms with Gasteiger partial charge in [-0.15, -0.1) is 0 Å². The first-order valence-electron chi connectivity index (χ1n) is 9.01. The van der Waals surface area contributed by atoms with Crippen molar-refractivity contribution in [2.45, 2.75) is 13.8 Å². The van der Waals surface area contributed by atoms with Gasteiger partial charge in [-0.2, -0.15) is 0 Å². The van der Waals surface area contributed by atoms with Crippen molar-refractivity contribution in [1.82, 2.24) is 4.98 Å². The summed E-state index contributed by atoms with van der Waals surface area (Å²) in [6, 6.07) is 16.3. The molecule has 7 heteroatoms. The summed E-state index contributed by atoms with van der Waals surface area (Å²) in [6.07, 6.45) is 1.57. The van der Waals surface area contributed by atoms with Crippen LogP contribution in [0.3, 0.4) is 0 Å². The Morgan fingerprint density at radius 1 is 0.897 bits per heavy atom. The van der Waals surface area contributed by atoms with Gasteiger partial charge in [-0.25, -0.2) is 0 Å². The standard InChI is InChI=1S/C22H22N4O3/c1-14-4-9-21(29-3)19(12-14)26-22(28)20-13-18(10-11-23-20)25-17-7-5-16(6-8-17)24-15(2)27/h4-13H,1-3H3,(H,23,25)(H,24,27)(H,26,28). The van der Waals surface area contributed by atoms with Crippen LogP contribution in [0.2, 0.25) is 0 Å². The molecule has 148 valence electrons. The van der Waals surface area contributed by atoms with E-state index in [9.17, 15) is 9.59 Å². The van der Waals surface area contributed by atoms with Crippen LogP contribution in [-0.2, 0) is 4.79 Å². The molecule has 3 aromatic rings. The maximum Gasteiger partial charge on any atom is 0.274 e. The number of hydrogen-bond donors (Lipinski definition) is 3. The van der Waals surface area contributed by atoms with Gasteiger partial charge in [0.25, 0.3) is 5.91 Å². The van der Waals surface area contributed by atoms with Crippen LogP contribution in [0.25, 0.3) is 0 Å². The number of benzene rings is 2. The lowest BCUT2D eigenvalue weighted by molar-refractivity contribution is -0.114. The second-order valence-electron chi connectivity index (χ2n) is 6.47. The largest absolute Gasteiger partial charge is 0.495 e. The smallest absolute Gasteiger partial charge is 0.274 e. The van der Waals surface area contributed by atoms with E-state index < -0.39 is 0 Å². The summed E-state index contributed by atoms with van der Waals surface area (Å²) in [4.78, 5) is 27.9. The molecule has 0 unspecified atom stereocenters. The number of amides is 2. The van der Waals surface area contributed by atoms with Crippen molar-refractivity contribution in [3.8, 4) is 5.75 Å². The number of hydrogen-bond acceptors (Lipinski definition) is 5. The van der Waals surface area contributed by atoms with Gasteiger partial charge < -0.3 is 20.7 Å². The summed E-state index contributed by atoms with van der Waals surface area (Å²) in [6.45, 7) is 3.40. The predicted molar refractivity (Wildman–Crippen MR) is 114 cm³/mol. The minimum absolute atomic E-state index is 0.124. The van der Waals surface area contributed by atoms with Gasteiger partial charge in [-0.3, -0.25) is 14.6 Å². The fourth-order valence-corrected chi connectivity index (χ4v) is 2.75. The number of anilines is 4. The third-order valence-electron chi connectivity index (χ3n) is 4.09. The Morgan fingerprint density at radius 2 is 1.62 bits per heavy atom. The summed E-state index contributed by atoms with van der Waals surface area (Å²) < 4.78 is 5.30. The van der Waals surface area contributed by atoms with Crippen molar-refractivity contribution in [3.63, 3.8) is 0 Å². The van der Waals surface area contributed by atoms with Crippen molar-refractivity contribution >= 4 is 34.6 Å². The predicted octanol–water partition coefficient (Wildman–Crippen LogP) is 4.35. The molecule has 7 nitrogen and oxygen atoms in total. The molecule has 0 aliphatic heterocycles. The van der Waals surface area contributed by atoms with Crippen molar-refractivity contribution in [2.75, 3.05) is 23.1 Å². The quantitative estimate of drug-likeness (QED) is 0.582. The van der Waals surface area contributed by atoms with Crippen LogP contribution in [0, 0.1) is 6.92 Å². The molecule has 0 bridgehead atoms. The van der Waals surface area contributed by atoms with Crippen LogP contribution in [0.4, 0.5) is 22.7 Å². The van der Waals surface area contributed by atoms with E-state index in [1.807, 2.05) is 31.2 Å². The average molecular weight is 390 g/mol. The average Bonchev–Trinajstić information content (AvgIpc) is 2.69. The topological polar surface area (TPSA) is 92.4 Å². The number of ether oxygens (including phenoxy) is 1. The molecule has 0 saturated carbocycles. The molecular weight excluding hydrogens is 368 g/mol. The molecule has 29 heavy (non-hydrogen) atoms. The second kappa shape index (κ2) is 8.88. The molecular formula is C22H22N4O3. The maximum absolute atomic E-state index is 12.6. The first kappa shape index (κ1) is 19.9. The SMILES string of the molecule is COc1ccc(C)cc1NC(=O)c1cc(Nc2ccc(NC(C)=O)cc2)ccn1. The molecule has 0 spiro atoms. The van der Waals surface area contributed by atoms with Gasteiger partial charge in [-0.05, 0) is 61.0 Å². The van der Waals surface area contributed by atoms with Crippen LogP contribution >= 0.6 is 0 Å². The number of nitrogens with zero attached hydrogens (tertiary/aromatic N) is 1. The van der Waals surface area contributed by atoms with Gasteiger partial charge in [0, 0.05) is 30.2 Å². The minimum atomic E-state index is -0.335. The third-order valence-corrected chi connectivity index (χ3v) is 4.09. The van der Waals surface area contributed by atoms with E-state index in [1.54, 1.807) is 43.6 Å². The first-order chi connectivity index (χ1) is 13.9. The number of pyridine rings is 1. The molecule has 1 heterocycles. The highest BCUT2D eigenvalue weighted by Crippen LogP contribution is 2.26. The van der Waals surface area contributed by atoms with E-state index >= 15 is 0 Å². The minimum Gasteiger partial charge on any atom is -0.495 e. The molecule has 2 amide bonds. The lowest BCUT2D eigenvalue weighted by atomic mass is 10.2. The van der Waals surface area contributed by atoms with Crippen LogP contribution in [0.15, 0.2) is 60.8 Å². The molecule has 0 atom stereocenters. The van der Waals surface area contributed by atoms with E-state index in [4.69, 9.17) is 4.74 Å². The van der Waals surface area contributed by atoms with E-state index in [0.29, 0.717) is 22.8 Å². The molecule has 0 aliphatic carbocycles. The lowest BCUT2D eigenvalue weighted by Crippen LogP contribution is -2.14. The number of carbonyl (C=O) groups excluding carboxylic acids is 2. The van der Waals surface area contributed by atoms with Crippen molar-refractivity contribution < 1.29 is 14.3 Å². The summed E-state index contributed by atoms with van der Waals surface area (Å²) in [7, 11) is 1.56. The fourth-order valence-electron chi connectivity index (χ4n) is 2.75. The molecule has 2 aromatic carbocycles. The Hall–Kier alpha value is -3.87. The van der Waals surface area contributed by atoms with E-state index in [-0.39, 0.29) is 17.5 Å². The van der Waals surface area contributed by atoms with E-state index in [1.165, 1.54) is 6.92 Å². The highest BCUT2D eigenvalue weighted by Gasteiger charge is 2.12. The number of aryl methyl sites for hydroxylation is 1. The Balaban J connectivity index is 1.73. The van der Waals surface area contributed by atoms with Crippen molar-refractivity contribution in [2.24, 2.45) is 0 Å². The molecule has 0 aliphatic rings. The Kier molecular flexibility index (Phi) is 6.09. The second-order valence-corrected chi connectivity index (χ2v) is 6.47. The zero-order chi connectivity index (χ0) is 20.8. The van der Waals surface area contributed by atoms with E-state index in [2.05, 4.69) is 20.9 Å². The molecule has 1 aromatic heterocycles. The zero-order valence-corrected chi connectivity index (χ0v) is 16.4. The van der Waals surface area contributed by atoms with Crippen LogP contribution in [0.5, 0.6) is 5.75 Å². The number of carbonyl (C=O) groups is 2. The van der Waals surface area contributed by atoms with Gasteiger partial charge >= 0.3 is 0 Å². The molecule has 0 saturated heterocycles. The van der Waals surface area contributed by atoms with Crippen LogP contribution in [0.1, 0.15) is 23.0 Å². The molecule has 0 radical (unpaired) electrons. The lowest BCUT2D eigenvalue weighted by Gasteiger charge is -2.12. The van der Waals surface area contributed by atoms with E-state index in [0.717, 1.165) is 11.3 Å². The van der Waals surface area contributed by atoms with Gasteiger partial charge in [-0.1, -0.05) is 6.07 Å². The third kappa shape index (κ3) is 5.32. The van der Waals surface area contributed by atoms with Gasteiger partial charge in [0.2, 0.25) is 5.91 Å². The van der Waals surface area contributed by atoms with Crippen molar-refractivity contribution in [1.29, 1.82) is 0 Å². The summed E-state index contributed by atoms with van der Waals surface area (Å²) in [5.74, 6) is 0.122. The number of rotatable bonds is 6. The van der Waals surface area contributed by atoms with Crippen LogP contribution in [-0.4, -0.2) is 23.9 Å². The zero-order valence-electron chi connectivity index (χ0n) is 16.4. The fraction of sp³-hybridized carbons (Fsp3) is 0.136. The van der Waals surface area contributed by atoms with Gasteiger partial charge in [0.1, 0.15) is 11.4 Å². The van der Waals surface area contributed by atoms with Gasteiger partial charge in [0.15, 0.2) is 0 Å². The highest BCUT2D eigenvalue weighted by molar-refractivity contribution is 6.04. The first-order valence-corrected chi connectivity index (χ1v) is 9.01. The molecule has 0 fully saturated rings. The normalized spacial score (nSPS) is 10.2. The summed E-state index contributed by atoms with van der Waals surface area (Å²) in [5.41, 5.74) is 4.11. The summed E-state index contributed by atoms with van der Waals surface area (Å²) >= 11 is 0. The molecule has 3 N–H and O–H groups in total. The Labute approximate surface area is 169 Å². The Bertz CT molecular complexity index is 1030. The number of methoxy groups -OCH3 is 1. The Morgan fingerprint density at radius 3 is 2.31 bits per heavy atom. The monoisotopic (exact) mass is 390 g/mol. The van der Waals surface area contributed by atoms with Crippen molar-refractivity contribution in [3.05, 3.63) is 72.1 Å². The highest BCUT2D eigenvalue weighted by atomic mass is 16.5. The van der Waals surface area contributed by atoms with Gasteiger partial charge in [0.05, 0.1) is 12.8 Å². The maximum atomic E-state index is 12.6. The summed E-state index contributed by atoms with van der Waals surface area (Å²) in [5, 5.41) is 8.78. The number of nitrogens with one attached hydrogen (secondary N) is 3. The molecule has 3 rings (SSSR count). The van der Waals surface area contributed by atoms with Crippen LogP contribution < -0.4 is 20.7 Å². The number of aromatic nitrogens is 1.